The van der Waals surface area contributed by atoms with Gasteiger partial charge in [0.2, 0.25) is 0 Å². The van der Waals surface area contributed by atoms with Crippen molar-refractivity contribution in [1.29, 1.82) is 0 Å². The maximum absolute atomic E-state index is 3.75. The molecule has 1 aliphatic rings. The van der Waals surface area contributed by atoms with Crippen LogP contribution in [0.4, 0.5) is 0 Å². The molecule has 68 valence electrons. The van der Waals surface area contributed by atoms with Crippen LogP contribution in [0.3, 0.4) is 0 Å². The predicted molar refractivity (Wildman–Crippen MR) is 66.8 cm³/mol. The van der Waals surface area contributed by atoms with Gasteiger partial charge in [0.25, 0.3) is 0 Å². The minimum atomic E-state index is 0.0615. The first-order valence-electron chi connectivity index (χ1n) is 3.86. The molecule has 0 atom stereocenters. The van der Waals surface area contributed by atoms with Crippen LogP contribution in [0.1, 0.15) is 13.8 Å². The van der Waals surface area contributed by atoms with Crippen LogP contribution >= 0.6 is 29.1 Å². The molecule has 0 saturated carbocycles. The average molecular weight is 218 g/mol. The van der Waals surface area contributed by atoms with Gasteiger partial charge in [0.1, 0.15) is 0 Å². The van der Waals surface area contributed by atoms with Crippen LogP contribution in [0.25, 0.3) is 0 Å². The van der Waals surface area contributed by atoms with Gasteiger partial charge in [0, 0.05) is 16.1 Å². The average Bonchev–Trinajstić information content (AvgIpc) is 2.49. The van der Waals surface area contributed by atoms with Crippen LogP contribution in [0.15, 0.2) is 35.1 Å². The molecule has 0 aromatic heterocycles. The summed E-state index contributed by atoms with van der Waals surface area (Å²) in [5, 5.41) is 0. The largest absolute Gasteiger partial charge is 0.0979 e. The summed E-state index contributed by atoms with van der Waals surface area (Å²) in [5.74, 6) is 0. The number of hydrogen-bond donors (Lipinski definition) is 0. The quantitative estimate of drug-likeness (QED) is 0.597. The lowest BCUT2D eigenvalue weighted by molar-refractivity contribution is 1.50. The van der Waals surface area contributed by atoms with E-state index in [-0.39, 0.29) is 6.33 Å². The van der Waals surface area contributed by atoms with E-state index in [2.05, 4.69) is 19.8 Å². The van der Waals surface area contributed by atoms with Gasteiger partial charge in [0.15, 0.2) is 0 Å². The first kappa shape index (κ1) is 12.3. The lowest BCUT2D eigenvalue weighted by atomic mass is 10.5. The van der Waals surface area contributed by atoms with Gasteiger partial charge < -0.3 is 0 Å². The lowest BCUT2D eigenvalue weighted by Crippen LogP contribution is -1.64. The smallest absolute Gasteiger partial charge is 0.0258 e. The van der Waals surface area contributed by atoms with Crippen LogP contribution in [-0.2, 0) is 0 Å². The third-order valence-electron chi connectivity index (χ3n) is 1.07. The van der Waals surface area contributed by atoms with Crippen LogP contribution in [0, 0.1) is 0 Å². The fraction of sp³-hybridized carbons (Fsp3) is 0.333. The van der Waals surface area contributed by atoms with E-state index in [1.807, 2.05) is 48.8 Å². The molecule has 12 heavy (non-hydrogen) atoms. The van der Waals surface area contributed by atoms with Gasteiger partial charge >= 0.3 is 0 Å². The van der Waals surface area contributed by atoms with Crippen molar-refractivity contribution in [2.45, 2.75) is 13.8 Å². The monoisotopic (exact) mass is 218 g/mol. The molecule has 0 aromatic rings. The third-order valence-corrected chi connectivity index (χ3v) is 6.94. The molecular formula is C9H15PS2. The number of hydrogen-bond acceptors (Lipinski definition) is 2. The van der Waals surface area contributed by atoms with Crippen molar-refractivity contribution in [1.82, 2.24) is 0 Å². The molecule has 0 amide bonds. The van der Waals surface area contributed by atoms with E-state index in [4.69, 9.17) is 0 Å². The van der Waals surface area contributed by atoms with E-state index in [0.29, 0.717) is 0 Å². The SMILES string of the molecule is C=CC1=C(C=C)SP(C)S1.CC. The highest BCUT2D eigenvalue weighted by molar-refractivity contribution is 8.91. The summed E-state index contributed by atoms with van der Waals surface area (Å²) in [6.45, 7) is 13.7. The molecule has 0 bridgehead atoms. The Morgan fingerprint density at radius 3 is 1.67 bits per heavy atom. The van der Waals surface area contributed by atoms with E-state index in [1.54, 1.807) is 0 Å². The van der Waals surface area contributed by atoms with Crippen molar-refractivity contribution in [2.24, 2.45) is 0 Å². The van der Waals surface area contributed by atoms with E-state index in [9.17, 15) is 0 Å². The van der Waals surface area contributed by atoms with Crippen LogP contribution in [0.2, 0.25) is 0 Å². The highest BCUT2D eigenvalue weighted by Crippen LogP contribution is 2.70. The maximum Gasteiger partial charge on any atom is 0.0258 e. The summed E-state index contributed by atoms with van der Waals surface area (Å²) in [7, 11) is 0. The maximum atomic E-state index is 3.75. The van der Waals surface area contributed by atoms with Gasteiger partial charge in [0.05, 0.1) is 0 Å². The predicted octanol–water partition coefficient (Wildman–Crippen LogP) is 5.02. The van der Waals surface area contributed by atoms with E-state index in [0.717, 1.165) is 0 Å². The van der Waals surface area contributed by atoms with Crippen molar-refractivity contribution in [3.05, 3.63) is 35.1 Å². The Bertz CT molecular complexity index is 177. The standard InChI is InChI=1S/C7H9PS2.C2H6/c1-4-6-7(5-2)10-8(3)9-6;1-2/h4-5H,1-2H2,3H3;1-2H3. The van der Waals surface area contributed by atoms with Crippen molar-refractivity contribution in [3.63, 3.8) is 0 Å². The molecule has 0 N–H and O–H groups in total. The molecule has 3 heteroatoms. The molecule has 0 unspecified atom stereocenters. The van der Waals surface area contributed by atoms with E-state index >= 15 is 0 Å². The summed E-state index contributed by atoms with van der Waals surface area (Å²) in [4.78, 5) is 2.60. The van der Waals surface area contributed by atoms with Crippen molar-refractivity contribution >= 4 is 29.1 Å². The molecule has 0 spiro atoms. The Balaban J connectivity index is 0.000000561. The highest BCUT2D eigenvalue weighted by atomic mass is 33.1. The number of rotatable bonds is 2. The molecule has 0 nitrogen and oxygen atoms in total. The molecule has 0 aliphatic carbocycles. The molecule has 0 saturated heterocycles. The van der Waals surface area contributed by atoms with Gasteiger partial charge in [-0.3, -0.25) is 0 Å². The second kappa shape index (κ2) is 6.82. The Kier molecular flexibility index (Phi) is 7.02. The van der Waals surface area contributed by atoms with Crippen molar-refractivity contribution < 1.29 is 0 Å². The summed E-state index contributed by atoms with van der Waals surface area (Å²) in [5.41, 5.74) is 0. The number of allylic oxidation sites excluding steroid dienone is 2. The molecule has 1 aliphatic heterocycles. The molecule has 1 heterocycles. The minimum absolute atomic E-state index is 0.0615. The van der Waals surface area contributed by atoms with Gasteiger partial charge in [-0.25, -0.2) is 0 Å². The highest BCUT2D eigenvalue weighted by Gasteiger charge is 2.17. The Hall–Kier alpha value is 0.350. The second-order valence-corrected chi connectivity index (χ2v) is 8.96. The first-order valence-corrected chi connectivity index (χ1v) is 8.50. The Labute approximate surface area is 84.8 Å². The zero-order chi connectivity index (χ0) is 9.56. The minimum Gasteiger partial charge on any atom is -0.0979 e. The fourth-order valence-corrected chi connectivity index (χ4v) is 6.96. The summed E-state index contributed by atoms with van der Waals surface area (Å²) in [6, 6.07) is 0. The molecular weight excluding hydrogens is 203 g/mol. The van der Waals surface area contributed by atoms with Gasteiger partial charge in [-0.05, 0) is 6.66 Å². The fourth-order valence-electron chi connectivity index (χ4n) is 0.661. The van der Waals surface area contributed by atoms with E-state index < -0.39 is 0 Å². The normalized spacial score (nSPS) is 16.9. The Morgan fingerprint density at radius 1 is 1.08 bits per heavy atom. The summed E-state index contributed by atoms with van der Waals surface area (Å²) < 4.78 is 0. The Morgan fingerprint density at radius 2 is 1.42 bits per heavy atom. The van der Waals surface area contributed by atoms with E-state index in [1.165, 1.54) is 9.81 Å². The molecule has 0 aromatic carbocycles. The topological polar surface area (TPSA) is 0 Å². The van der Waals surface area contributed by atoms with Crippen molar-refractivity contribution in [3.8, 4) is 0 Å². The molecule has 0 fully saturated rings. The summed E-state index contributed by atoms with van der Waals surface area (Å²) in [6.07, 6.45) is 3.90. The van der Waals surface area contributed by atoms with Gasteiger partial charge in [-0.1, -0.05) is 61.9 Å². The van der Waals surface area contributed by atoms with Crippen LogP contribution in [-0.4, -0.2) is 6.66 Å². The van der Waals surface area contributed by atoms with Gasteiger partial charge in [-0.15, -0.1) is 0 Å². The molecule has 0 radical (unpaired) electrons. The lowest BCUT2D eigenvalue weighted by Gasteiger charge is -1.95. The zero-order valence-corrected chi connectivity index (χ0v) is 10.4. The summed E-state index contributed by atoms with van der Waals surface area (Å²) >= 11 is 3.83. The van der Waals surface area contributed by atoms with Crippen molar-refractivity contribution in [2.75, 3.05) is 6.66 Å². The van der Waals surface area contributed by atoms with Crippen LogP contribution < -0.4 is 0 Å². The second-order valence-electron chi connectivity index (χ2n) is 1.76. The van der Waals surface area contributed by atoms with Crippen LogP contribution in [0.5, 0.6) is 0 Å². The molecule has 1 rings (SSSR count). The third kappa shape index (κ3) is 3.38. The zero-order valence-electron chi connectivity index (χ0n) is 7.83. The first-order chi connectivity index (χ1) is 5.77. The van der Waals surface area contributed by atoms with Gasteiger partial charge in [-0.2, -0.15) is 0 Å².